The molecule has 12 heavy (non-hydrogen) atoms. The summed E-state index contributed by atoms with van der Waals surface area (Å²) < 4.78 is 12.6. The van der Waals surface area contributed by atoms with Crippen LogP contribution in [0.4, 0.5) is 4.39 Å². The zero-order valence-corrected chi connectivity index (χ0v) is 7.79. The lowest BCUT2D eigenvalue weighted by Gasteiger charge is -2.01. The number of benzene rings is 1. The minimum Gasteiger partial charge on any atom is -0.300 e. The van der Waals surface area contributed by atoms with Gasteiger partial charge in [0.15, 0.2) is 0 Å². The molecule has 1 nitrogen and oxygen atoms in total. The Morgan fingerprint density at radius 3 is 2.75 bits per heavy atom. The normalized spacial score (nSPS) is 10.2. The highest BCUT2D eigenvalue weighted by Gasteiger charge is 1.99. The Balaban J connectivity index is 2.69. The first-order valence-electron chi connectivity index (χ1n) is 3.44. The zero-order chi connectivity index (χ0) is 8.97. The second-order valence-corrected chi connectivity index (χ2v) is 2.98. The quantitative estimate of drug-likeness (QED) is 0.594. The average molecular weight is 208 g/mol. The molecule has 66 valence electrons. The molecular formula is C8H8Cl2FN. The van der Waals surface area contributed by atoms with Crippen LogP contribution in [0.15, 0.2) is 18.2 Å². The van der Waals surface area contributed by atoms with Crippen LogP contribution in [0.1, 0.15) is 5.56 Å². The maximum atomic E-state index is 12.6. The SMILES string of the molecule is Fc1ccc(CNCCl)cc1Cl. The highest BCUT2D eigenvalue weighted by molar-refractivity contribution is 6.30. The van der Waals surface area contributed by atoms with Crippen LogP contribution in [0.3, 0.4) is 0 Å². The van der Waals surface area contributed by atoms with E-state index >= 15 is 0 Å². The van der Waals surface area contributed by atoms with Crippen LogP contribution in [0.5, 0.6) is 0 Å². The molecule has 0 aromatic heterocycles. The number of alkyl halides is 1. The summed E-state index contributed by atoms with van der Waals surface area (Å²) in [6.45, 7) is 0.601. The van der Waals surface area contributed by atoms with Gasteiger partial charge >= 0.3 is 0 Å². The fourth-order valence-corrected chi connectivity index (χ4v) is 1.14. The molecule has 0 radical (unpaired) electrons. The van der Waals surface area contributed by atoms with Gasteiger partial charge in [-0.25, -0.2) is 4.39 Å². The Kier molecular flexibility index (Phi) is 3.79. The Hall–Kier alpha value is -0.310. The molecule has 0 spiro atoms. The first kappa shape index (κ1) is 9.78. The molecule has 0 bridgehead atoms. The van der Waals surface area contributed by atoms with Gasteiger partial charge in [-0.1, -0.05) is 17.7 Å². The van der Waals surface area contributed by atoms with Gasteiger partial charge in [0.25, 0.3) is 0 Å². The van der Waals surface area contributed by atoms with Gasteiger partial charge in [0.2, 0.25) is 0 Å². The van der Waals surface area contributed by atoms with E-state index < -0.39 is 5.82 Å². The van der Waals surface area contributed by atoms with E-state index in [1.807, 2.05) is 0 Å². The van der Waals surface area contributed by atoms with Crippen molar-refractivity contribution in [2.45, 2.75) is 6.54 Å². The van der Waals surface area contributed by atoms with E-state index in [0.717, 1.165) is 5.56 Å². The first-order valence-corrected chi connectivity index (χ1v) is 4.36. The van der Waals surface area contributed by atoms with Gasteiger partial charge in [-0.3, -0.25) is 5.32 Å². The van der Waals surface area contributed by atoms with Crippen LogP contribution in [-0.2, 0) is 6.54 Å². The fourth-order valence-electron chi connectivity index (χ4n) is 0.841. The smallest absolute Gasteiger partial charge is 0.141 e. The second-order valence-electron chi connectivity index (χ2n) is 2.31. The maximum Gasteiger partial charge on any atom is 0.141 e. The van der Waals surface area contributed by atoms with Gasteiger partial charge in [0.05, 0.1) is 11.0 Å². The van der Waals surface area contributed by atoms with E-state index in [1.165, 1.54) is 6.07 Å². The lowest BCUT2D eigenvalue weighted by Crippen LogP contribution is -2.09. The summed E-state index contributed by atoms with van der Waals surface area (Å²) in [5.74, 6) is -0.397. The summed E-state index contributed by atoms with van der Waals surface area (Å²) in [5.41, 5.74) is 0.919. The molecule has 0 heterocycles. The van der Waals surface area contributed by atoms with Crippen molar-refractivity contribution in [2.24, 2.45) is 0 Å². The average Bonchev–Trinajstić information content (AvgIpc) is 2.07. The minimum atomic E-state index is -0.397. The Morgan fingerprint density at radius 1 is 1.42 bits per heavy atom. The van der Waals surface area contributed by atoms with E-state index in [9.17, 15) is 4.39 Å². The monoisotopic (exact) mass is 207 g/mol. The van der Waals surface area contributed by atoms with Crippen molar-refractivity contribution in [3.63, 3.8) is 0 Å². The van der Waals surface area contributed by atoms with E-state index in [0.29, 0.717) is 12.5 Å². The summed E-state index contributed by atoms with van der Waals surface area (Å²) in [4.78, 5) is 0. The van der Waals surface area contributed by atoms with Crippen LogP contribution in [0.2, 0.25) is 5.02 Å². The maximum absolute atomic E-state index is 12.6. The van der Waals surface area contributed by atoms with Crippen molar-refractivity contribution in [1.29, 1.82) is 0 Å². The van der Waals surface area contributed by atoms with Gasteiger partial charge in [0.1, 0.15) is 5.82 Å². The molecule has 0 aliphatic heterocycles. The van der Waals surface area contributed by atoms with Crippen molar-refractivity contribution in [3.8, 4) is 0 Å². The zero-order valence-electron chi connectivity index (χ0n) is 6.28. The number of hydrogen-bond acceptors (Lipinski definition) is 1. The summed E-state index contributed by atoms with van der Waals surface area (Å²) >= 11 is 11.0. The molecule has 1 rings (SSSR count). The van der Waals surface area contributed by atoms with Crippen molar-refractivity contribution >= 4 is 23.2 Å². The van der Waals surface area contributed by atoms with Crippen molar-refractivity contribution in [2.75, 3.05) is 6.00 Å². The molecule has 0 saturated carbocycles. The molecule has 0 amide bonds. The summed E-state index contributed by atoms with van der Waals surface area (Å²) in [6.07, 6.45) is 0. The standard InChI is InChI=1S/C8H8Cl2FN/c9-5-12-4-6-1-2-8(11)7(10)3-6/h1-3,12H,4-5H2. The van der Waals surface area contributed by atoms with Gasteiger partial charge in [-0.2, -0.15) is 0 Å². The highest BCUT2D eigenvalue weighted by Crippen LogP contribution is 2.15. The summed E-state index contributed by atoms with van der Waals surface area (Å²) in [6, 6.07) is 4.96. The third-order valence-corrected chi connectivity index (χ3v) is 1.89. The molecule has 0 saturated heterocycles. The van der Waals surface area contributed by atoms with Crippen molar-refractivity contribution in [1.82, 2.24) is 5.32 Å². The van der Waals surface area contributed by atoms with Gasteiger partial charge < -0.3 is 0 Å². The third kappa shape index (κ3) is 2.63. The summed E-state index contributed by atoms with van der Waals surface area (Å²) in [7, 11) is 0. The molecule has 1 aromatic rings. The van der Waals surface area contributed by atoms with Crippen LogP contribution in [0, 0.1) is 5.82 Å². The molecule has 1 aromatic carbocycles. The Morgan fingerprint density at radius 2 is 2.17 bits per heavy atom. The predicted octanol–water partition coefficient (Wildman–Crippen LogP) is 2.77. The molecule has 1 N–H and O–H groups in total. The number of hydrogen-bond donors (Lipinski definition) is 1. The molecule has 0 aliphatic carbocycles. The summed E-state index contributed by atoms with van der Waals surface area (Å²) in [5, 5.41) is 3.04. The lowest BCUT2D eigenvalue weighted by atomic mass is 10.2. The predicted molar refractivity (Wildman–Crippen MR) is 49.0 cm³/mol. The van der Waals surface area contributed by atoms with E-state index in [-0.39, 0.29) is 5.02 Å². The molecule has 0 unspecified atom stereocenters. The fraction of sp³-hybridized carbons (Fsp3) is 0.250. The van der Waals surface area contributed by atoms with E-state index in [2.05, 4.69) is 5.32 Å². The van der Waals surface area contributed by atoms with Crippen molar-refractivity contribution < 1.29 is 4.39 Å². The molecular weight excluding hydrogens is 200 g/mol. The third-order valence-electron chi connectivity index (χ3n) is 1.41. The van der Waals surface area contributed by atoms with Gasteiger partial charge in [-0.05, 0) is 17.7 Å². The number of halogens is 3. The van der Waals surface area contributed by atoms with Gasteiger partial charge in [0, 0.05) is 6.54 Å². The molecule has 4 heteroatoms. The van der Waals surface area contributed by atoms with Crippen LogP contribution < -0.4 is 5.32 Å². The highest BCUT2D eigenvalue weighted by atomic mass is 35.5. The Labute approximate surface area is 80.5 Å². The van der Waals surface area contributed by atoms with Crippen molar-refractivity contribution in [3.05, 3.63) is 34.6 Å². The first-order chi connectivity index (χ1) is 5.74. The van der Waals surface area contributed by atoms with E-state index in [4.69, 9.17) is 23.2 Å². The Bertz CT molecular complexity index is 265. The van der Waals surface area contributed by atoms with Crippen LogP contribution in [0.25, 0.3) is 0 Å². The van der Waals surface area contributed by atoms with Gasteiger partial charge in [-0.15, -0.1) is 11.6 Å². The molecule has 0 aliphatic rings. The number of nitrogens with one attached hydrogen (secondary N) is 1. The number of rotatable bonds is 3. The molecule has 0 fully saturated rings. The van der Waals surface area contributed by atoms with Crippen LogP contribution >= 0.6 is 23.2 Å². The van der Waals surface area contributed by atoms with Crippen LogP contribution in [-0.4, -0.2) is 6.00 Å². The lowest BCUT2D eigenvalue weighted by molar-refractivity contribution is 0.626. The second kappa shape index (κ2) is 4.65. The van der Waals surface area contributed by atoms with E-state index in [1.54, 1.807) is 12.1 Å². The largest absolute Gasteiger partial charge is 0.300 e. The topological polar surface area (TPSA) is 12.0 Å². The minimum absolute atomic E-state index is 0.142. The molecule has 0 atom stereocenters.